The number of carbonyl (C=O) groups excluding carboxylic acids is 1. The molecule has 2 rings (SSSR count). The Balaban J connectivity index is 2.08. The van der Waals surface area contributed by atoms with Crippen LogP contribution >= 0.6 is 0 Å². The molecule has 0 saturated carbocycles. The van der Waals surface area contributed by atoms with Crippen molar-refractivity contribution in [3.05, 3.63) is 59.7 Å². The van der Waals surface area contributed by atoms with E-state index >= 15 is 0 Å². The average Bonchev–Trinajstić information content (AvgIpc) is 2.61. The molecule has 0 heterocycles. The molecule has 0 bridgehead atoms. The Morgan fingerprint density at radius 1 is 1.22 bits per heavy atom. The van der Waals surface area contributed by atoms with Crippen molar-refractivity contribution in [2.75, 3.05) is 19.7 Å². The van der Waals surface area contributed by atoms with Crippen LogP contribution in [-0.4, -0.2) is 25.7 Å². The minimum absolute atomic E-state index is 0.188. The van der Waals surface area contributed by atoms with Gasteiger partial charge in [-0.3, -0.25) is 4.79 Å². The van der Waals surface area contributed by atoms with Crippen LogP contribution in [0.15, 0.2) is 54.1 Å². The molecule has 1 aromatic rings. The maximum atomic E-state index is 11.5. The van der Waals surface area contributed by atoms with E-state index < -0.39 is 0 Å². The van der Waals surface area contributed by atoms with Crippen LogP contribution in [0, 0.1) is 17.3 Å². The first-order valence-electron chi connectivity index (χ1n) is 10.1. The van der Waals surface area contributed by atoms with Gasteiger partial charge in [-0.05, 0) is 48.3 Å². The Morgan fingerprint density at radius 2 is 1.93 bits per heavy atom. The fraction of sp³-hybridized carbons (Fsp3) is 0.542. The maximum absolute atomic E-state index is 11.5. The molecule has 1 aliphatic carbocycles. The largest absolute Gasteiger partial charge is 0.465 e. The summed E-state index contributed by atoms with van der Waals surface area (Å²) >= 11 is 0. The lowest BCUT2D eigenvalue weighted by atomic mass is 9.69. The molecule has 1 N–H and O–H groups in total. The van der Waals surface area contributed by atoms with Crippen LogP contribution in [0.5, 0.6) is 0 Å². The van der Waals surface area contributed by atoms with Crippen LogP contribution in [0.2, 0.25) is 0 Å². The van der Waals surface area contributed by atoms with Gasteiger partial charge in [0.15, 0.2) is 0 Å². The second kappa shape index (κ2) is 9.89. The number of esters is 1. The number of hydrogen-bond donors (Lipinski definition) is 1. The van der Waals surface area contributed by atoms with Gasteiger partial charge in [0.2, 0.25) is 0 Å². The summed E-state index contributed by atoms with van der Waals surface area (Å²) < 4.78 is 4.98. The van der Waals surface area contributed by atoms with Gasteiger partial charge in [-0.1, -0.05) is 76.3 Å². The van der Waals surface area contributed by atoms with Crippen LogP contribution in [-0.2, 0) is 9.53 Å². The molecule has 3 unspecified atom stereocenters. The zero-order valence-corrected chi connectivity index (χ0v) is 17.5. The fourth-order valence-electron chi connectivity index (χ4n) is 4.02. The first kappa shape index (κ1) is 21.4. The minimum atomic E-state index is -0.188. The molecule has 148 valence electrons. The third kappa shape index (κ3) is 6.35. The van der Waals surface area contributed by atoms with E-state index in [0.29, 0.717) is 24.4 Å². The number of allylic oxidation sites excluding steroid dienone is 4. The Kier molecular flexibility index (Phi) is 7.85. The summed E-state index contributed by atoms with van der Waals surface area (Å²) in [5.41, 5.74) is 2.97. The van der Waals surface area contributed by atoms with E-state index in [9.17, 15) is 4.79 Å². The Labute approximate surface area is 164 Å². The SMILES string of the molecule is CCOC(=O)CNCCC(C1=CC(C)C(C(C)(C)C)C=C1)c1ccccc1. The first-order chi connectivity index (χ1) is 12.8. The van der Waals surface area contributed by atoms with Crippen LogP contribution in [0.4, 0.5) is 0 Å². The minimum Gasteiger partial charge on any atom is -0.465 e. The van der Waals surface area contributed by atoms with Crippen molar-refractivity contribution < 1.29 is 9.53 Å². The van der Waals surface area contributed by atoms with E-state index in [1.54, 1.807) is 0 Å². The highest BCUT2D eigenvalue weighted by Crippen LogP contribution is 2.40. The third-order valence-electron chi connectivity index (χ3n) is 5.31. The second-order valence-corrected chi connectivity index (χ2v) is 8.51. The zero-order chi connectivity index (χ0) is 19.9. The Bertz CT molecular complexity index is 655. The molecule has 0 saturated heterocycles. The number of rotatable bonds is 8. The normalized spacial score (nSPS) is 20.9. The molecule has 3 heteroatoms. The molecular formula is C24H35NO2. The molecule has 3 nitrogen and oxygen atoms in total. The van der Waals surface area contributed by atoms with Crippen LogP contribution in [0.3, 0.4) is 0 Å². The van der Waals surface area contributed by atoms with Gasteiger partial charge in [-0.15, -0.1) is 0 Å². The molecule has 0 aliphatic heterocycles. The van der Waals surface area contributed by atoms with Crippen LogP contribution in [0.1, 0.15) is 52.5 Å². The van der Waals surface area contributed by atoms with Gasteiger partial charge >= 0.3 is 5.97 Å². The standard InChI is InChI=1S/C24H35NO2/c1-6-27-23(26)17-25-15-14-21(19-10-8-7-9-11-19)20-12-13-22(18(2)16-20)24(3,4)5/h7-13,16,18,21-22,25H,6,14-15,17H2,1-5H3. The maximum Gasteiger partial charge on any atom is 0.319 e. The van der Waals surface area contributed by atoms with Crippen molar-refractivity contribution in [1.82, 2.24) is 5.32 Å². The Morgan fingerprint density at radius 3 is 2.52 bits per heavy atom. The lowest BCUT2D eigenvalue weighted by Gasteiger charge is -2.35. The number of nitrogens with one attached hydrogen (secondary N) is 1. The lowest BCUT2D eigenvalue weighted by molar-refractivity contribution is -0.141. The van der Waals surface area contributed by atoms with Gasteiger partial charge in [0.05, 0.1) is 13.2 Å². The molecule has 0 radical (unpaired) electrons. The molecule has 0 spiro atoms. The number of ether oxygens (including phenoxy) is 1. The second-order valence-electron chi connectivity index (χ2n) is 8.51. The van der Waals surface area contributed by atoms with E-state index in [1.807, 2.05) is 6.92 Å². The van der Waals surface area contributed by atoms with Crippen molar-refractivity contribution in [2.45, 2.75) is 47.0 Å². The van der Waals surface area contributed by atoms with Gasteiger partial charge in [0, 0.05) is 5.92 Å². The molecule has 27 heavy (non-hydrogen) atoms. The summed E-state index contributed by atoms with van der Waals surface area (Å²) in [5.74, 6) is 1.22. The molecule has 3 atom stereocenters. The topological polar surface area (TPSA) is 38.3 Å². The highest BCUT2D eigenvalue weighted by atomic mass is 16.5. The number of benzene rings is 1. The fourth-order valence-corrected chi connectivity index (χ4v) is 4.02. The first-order valence-corrected chi connectivity index (χ1v) is 10.1. The van der Waals surface area contributed by atoms with Gasteiger partial charge < -0.3 is 10.1 Å². The van der Waals surface area contributed by atoms with Gasteiger partial charge in [-0.2, -0.15) is 0 Å². The van der Waals surface area contributed by atoms with Crippen LogP contribution < -0.4 is 5.32 Å². The van der Waals surface area contributed by atoms with Gasteiger partial charge in [0.25, 0.3) is 0 Å². The van der Waals surface area contributed by atoms with Crippen molar-refractivity contribution in [3.8, 4) is 0 Å². The summed E-state index contributed by atoms with van der Waals surface area (Å²) in [7, 11) is 0. The van der Waals surface area contributed by atoms with E-state index in [4.69, 9.17) is 4.74 Å². The summed E-state index contributed by atoms with van der Waals surface area (Å²) in [6.07, 6.45) is 8.10. The van der Waals surface area contributed by atoms with E-state index in [2.05, 4.69) is 81.6 Å². The van der Waals surface area contributed by atoms with Crippen LogP contribution in [0.25, 0.3) is 0 Å². The molecule has 0 aromatic heterocycles. The Hall–Kier alpha value is -1.87. The molecule has 1 aromatic carbocycles. The molecule has 0 amide bonds. The predicted octanol–water partition coefficient (Wildman–Crippen LogP) is 5.11. The third-order valence-corrected chi connectivity index (χ3v) is 5.31. The van der Waals surface area contributed by atoms with E-state index in [1.165, 1.54) is 11.1 Å². The molecular weight excluding hydrogens is 334 g/mol. The van der Waals surface area contributed by atoms with Gasteiger partial charge in [-0.25, -0.2) is 0 Å². The van der Waals surface area contributed by atoms with Crippen molar-refractivity contribution in [3.63, 3.8) is 0 Å². The van der Waals surface area contributed by atoms with Crippen molar-refractivity contribution >= 4 is 5.97 Å². The molecule has 0 fully saturated rings. The smallest absolute Gasteiger partial charge is 0.319 e. The van der Waals surface area contributed by atoms with Crippen molar-refractivity contribution in [1.29, 1.82) is 0 Å². The average molecular weight is 370 g/mol. The predicted molar refractivity (Wildman–Crippen MR) is 113 cm³/mol. The zero-order valence-electron chi connectivity index (χ0n) is 17.5. The lowest BCUT2D eigenvalue weighted by Crippen LogP contribution is -2.28. The quantitative estimate of drug-likeness (QED) is 0.511. The molecule has 1 aliphatic rings. The van der Waals surface area contributed by atoms with Gasteiger partial charge in [0.1, 0.15) is 0 Å². The summed E-state index contributed by atoms with van der Waals surface area (Å²) in [6, 6.07) is 10.7. The highest BCUT2D eigenvalue weighted by Gasteiger charge is 2.30. The monoisotopic (exact) mass is 369 g/mol. The highest BCUT2D eigenvalue weighted by molar-refractivity contribution is 5.71. The van der Waals surface area contributed by atoms with Crippen molar-refractivity contribution in [2.24, 2.45) is 17.3 Å². The summed E-state index contributed by atoms with van der Waals surface area (Å²) in [6.45, 7) is 12.6. The number of hydrogen-bond acceptors (Lipinski definition) is 3. The number of carbonyl (C=O) groups is 1. The van der Waals surface area contributed by atoms with E-state index in [0.717, 1.165) is 13.0 Å². The van der Waals surface area contributed by atoms with E-state index in [-0.39, 0.29) is 17.9 Å². The summed E-state index contributed by atoms with van der Waals surface area (Å²) in [4.78, 5) is 11.5. The summed E-state index contributed by atoms with van der Waals surface area (Å²) in [5, 5.41) is 3.23.